The van der Waals surface area contributed by atoms with Crippen LogP contribution < -0.4 is 5.32 Å². The number of amides is 2. The molecule has 0 aromatic heterocycles. The number of nitrogens with one attached hydrogen (secondary N) is 1. The zero-order chi connectivity index (χ0) is 14.6. The first-order chi connectivity index (χ1) is 8.69. The lowest BCUT2D eigenvalue weighted by molar-refractivity contribution is 0.0531. The predicted octanol–water partition coefficient (Wildman–Crippen LogP) is 2.91. The third-order valence-electron chi connectivity index (χ3n) is 2.42. The summed E-state index contributed by atoms with van der Waals surface area (Å²) < 4.78 is 0. The fourth-order valence-electron chi connectivity index (χ4n) is 1.62. The summed E-state index contributed by atoms with van der Waals surface area (Å²) in [6, 6.07) is 4.84. The van der Waals surface area contributed by atoms with Crippen molar-refractivity contribution in [3.63, 3.8) is 0 Å². The Hall–Kier alpha value is -0.970. The third kappa shape index (κ3) is 5.68. The number of urea groups is 1. The minimum absolute atomic E-state index is 0.243. The van der Waals surface area contributed by atoms with Gasteiger partial charge in [0.2, 0.25) is 0 Å². The van der Waals surface area contributed by atoms with Gasteiger partial charge in [-0.3, -0.25) is 0 Å². The highest BCUT2D eigenvalue weighted by Gasteiger charge is 2.19. The zero-order valence-corrected chi connectivity index (χ0v) is 12.7. The summed E-state index contributed by atoms with van der Waals surface area (Å²) in [5, 5.41) is 13.4. The van der Waals surface area contributed by atoms with E-state index in [-0.39, 0.29) is 12.6 Å². The molecule has 4 nitrogen and oxygen atoms in total. The van der Waals surface area contributed by atoms with Crippen LogP contribution in [0.3, 0.4) is 0 Å². The average molecular weight is 305 g/mol. The summed E-state index contributed by atoms with van der Waals surface area (Å²) in [5.74, 6) is 0. The van der Waals surface area contributed by atoms with Crippen LogP contribution >= 0.6 is 23.2 Å². The number of halogens is 2. The molecule has 0 spiro atoms. The minimum Gasteiger partial charge on any atom is -0.389 e. The van der Waals surface area contributed by atoms with Gasteiger partial charge < -0.3 is 15.3 Å². The Morgan fingerprint density at radius 1 is 1.42 bits per heavy atom. The molecule has 0 fully saturated rings. The molecule has 0 atom stereocenters. The van der Waals surface area contributed by atoms with Crippen molar-refractivity contribution in [2.24, 2.45) is 0 Å². The molecule has 2 amide bonds. The molecule has 2 N–H and O–H groups in total. The molecule has 6 heteroatoms. The number of carbonyl (C=O) groups is 1. The Balaban J connectivity index is 2.54. The van der Waals surface area contributed by atoms with Gasteiger partial charge in [-0.25, -0.2) is 4.79 Å². The first-order valence-electron chi connectivity index (χ1n) is 5.84. The fourth-order valence-corrected chi connectivity index (χ4v) is 2.10. The molecular weight excluding hydrogens is 287 g/mol. The highest BCUT2D eigenvalue weighted by Crippen LogP contribution is 2.20. The normalized spacial score (nSPS) is 11.3. The van der Waals surface area contributed by atoms with Crippen molar-refractivity contribution in [3.8, 4) is 0 Å². The van der Waals surface area contributed by atoms with E-state index in [0.29, 0.717) is 16.6 Å². The van der Waals surface area contributed by atoms with Gasteiger partial charge in [-0.2, -0.15) is 0 Å². The van der Waals surface area contributed by atoms with Crippen LogP contribution in [-0.2, 0) is 6.54 Å². The summed E-state index contributed by atoms with van der Waals surface area (Å²) in [6.07, 6.45) is 0. The van der Waals surface area contributed by atoms with Crippen molar-refractivity contribution in [2.45, 2.75) is 26.0 Å². The monoisotopic (exact) mass is 304 g/mol. The fraction of sp³-hybridized carbons (Fsp3) is 0.462. The summed E-state index contributed by atoms with van der Waals surface area (Å²) >= 11 is 11.8. The summed E-state index contributed by atoms with van der Waals surface area (Å²) in [7, 11) is 1.62. The van der Waals surface area contributed by atoms with Crippen LogP contribution in [0.1, 0.15) is 19.4 Å². The molecule has 0 unspecified atom stereocenters. The second-order valence-electron chi connectivity index (χ2n) is 5.06. The van der Waals surface area contributed by atoms with Crippen LogP contribution in [0.2, 0.25) is 10.0 Å². The van der Waals surface area contributed by atoms with Crippen molar-refractivity contribution in [1.29, 1.82) is 0 Å². The van der Waals surface area contributed by atoms with Gasteiger partial charge >= 0.3 is 6.03 Å². The van der Waals surface area contributed by atoms with Crippen LogP contribution in [-0.4, -0.2) is 35.2 Å². The Labute approximate surface area is 123 Å². The van der Waals surface area contributed by atoms with E-state index in [1.54, 1.807) is 39.1 Å². The van der Waals surface area contributed by atoms with Crippen molar-refractivity contribution in [2.75, 3.05) is 13.6 Å². The molecule has 1 aromatic rings. The van der Waals surface area contributed by atoms with Crippen LogP contribution in [0.4, 0.5) is 4.79 Å². The van der Waals surface area contributed by atoms with Crippen molar-refractivity contribution < 1.29 is 9.90 Å². The number of carbonyl (C=O) groups excluding carboxylic acids is 1. The van der Waals surface area contributed by atoms with Crippen LogP contribution in [0.5, 0.6) is 0 Å². The maximum atomic E-state index is 11.8. The van der Waals surface area contributed by atoms with E-state index < -0.39 is 5.60 Å². The first-order valence-corrected chi connectivity index (χ1v) is 6.60. The number of hydrogen-bond donors (Lipinski definition) is 2. The van der Waals surface area contributed by atoms with Gasteiger partial charge in [-0.05, 0) is 31.5 Å². The van der Waals surface area contributed by atoms with Gasteiger partial charge in [-0.1, -0.05) is 29.3 Å². The average Bonchev–Trinajstić information content (AvgIpc) is 2.25. The third-order valence-corrected chi connectivity index (χ3v) is 3.00. The number of hydrogen-bond acceptors (Lipinski definition) is 2. The van der Waals surface area contributed by atoms with E-state index in [9.17, 15) is 9.90 Å². The maximum absolute atomic E-state index is 11.8. The molecule has 0 aliphatic heterocycles. The van der Waals surface area contributed by atoms with E-state index >= 15 is 0 Å². The van der Waals surface area contributed by atoms with E-state index in [0.717, 1.165) is 5.56 Å². The van der Waals surface area contributed by atoms with Gasteiger partial charge in [0.1, 0.15) is 0 Å². The van der Waals surface area contributed by atoms with Crippen LogP contribution in [0.25, 0.3) is 0 Å². The van der Waals surface area contributed by atoms with E-state index in [4.69, 9.17) is 23.2 Å². The Morgan fingerprint density at radius 3 is 2.58 bits per heavy atom. The molecule has 0 aliphatic rings. The topological polar surface area (TPSA) is 52.6 Å². The molecule has 0 saturated carbocycles. The Morgan fingerprint density at radius 2 is 2.05 bits per heavy atom. The minimum atomic E-state index is -0.927. The van der Waals surface area contributed by atoms with Gasteiger partial charge in [-0.15, -0.1) is 0 Å². The number of nitrogens with zero attached hydrogens (tertiary/aromatic N) is 1. The largest absolute Gasteiger partial charge is 0.389 e. The molecule has 0 saturated heterocycles. The van der Waals surface area contributed by atoms with Crippen molar-refractivity contribution in [3.05, 3.63) is 33.8 Å². The molecule has 0 radical (unpaired) electrons. The smallest absolute Gasteiger partial charge is 0.317 e. The van der Waals surface area contributed by atoms with Gasteiger partial charge in [0, 0.05) is 23.6 Å². The van der Waals surface area contributed by atoms with Gasteiger partial charge in [0.15, 0.2) is 0 Å². The van der Waals surface area contributed by atoms with Crippen molar-refractivity contribution in [1.82, 2.24) is 10.2 Å². The van der Waals surface area contributed by atoms with Gasteiger partial charge in [0.05, 0.1) is 12.1 Å². The number of benzene rings is 1. The second-order valence-corrected chi connectivity index (χ2v) is 5.91. The number of aliphatic hydroxyl groups is 1. The molecule has 0 bridgehead atoms. The predicted molar refractivity (Wildman–Crippen MR) is 77.6 cm³/mol. The first kappa shape index (κ1) is 16.1. The lowest BCUT2D eigenvalue weighted by atomic mass is 10.1. The van der Waals surface area contributed by atoms with E-state index in [2.05, 4.69) is 5.32 Å². The molecule has 0 heterocycles. The standard InChI is InChI=1S/C13H18Cl2N2O2/c1-13(2,19)8-17(3)12(18)16-7-9-4-5-10(14)6-11(9)15/h4-6,19H,7-8H2,1-3H3,(H,16,18). The maximum Gasteiger partial charge on any atom is 0.317 e. The molecule has 106 valence electrons. The summed E-state index contributed by atoms with van der Waals surface area (Å²) in [5.41, 5.74) is -0.139. The second kappa shape index (κ2) is 6.46. The summed E-state index contributed by atoms with van der Waals surface area (Å²) in [6.45, 7) is 3.85. The molecule has 1 rings (SSSR count). The lowest BCUT2D eigenvalue weighted by Crippen LogP contribution is -2.44. The highest BCUT2D eigenvalue weighted by molar-refractivity contribution is 6.35. The van der Waals surface area contributed by atoms with Crippen LogP contribution in [0.15, 0.2) is 18.2 Å². The molecule has 0 aliphatic carbocycles. The number of likely N-dealkylation sites (N-methyl/N-ethyl adjacent to an activating group) is 1. The van der Waals surface area contributed by atoms with E-state index in [1.807, 2.05) is 0 Å². The SMILES string of the molecule is CN(CC(C)(C)O)C(=O)NCc1ccc(Cl)cc1Cl. The number of rotatable bonds is 4. The van der Waals surface area contributed by atoms with Gasteiger partial charge in [0.25, 0.3) is 0 Å². The molecule has 19 heavy (non-hydrogen) atoms. The molecule has 1 aromatic carbocycles. The molecular formula is C13H18Cl2N2O2. The van der Waals surface area contributed by atoms with Crippen molar-refractivity contribution >= 4 is 29.2 Å². The zero-order valence-electron chi connectivity index (χ0n) is 11.2. The lowest BCUT2D eigenvalue weighted by Gasteiger charge is -2.25. The Kier molecular flexibility index (Phi) is 5.47. The van der Waals surface area contributed by atoms with E-state index in [1.165, 1.54) is 4.90 Å². The quantitative estimate of drug-likeness (QED) is 0.898. The summed E-state index contributed by atoms with van der Waals surface area (Å²) in [4.78, 5) is 13.2. The Bertz CT molecular complexity index is 458. The highest BCUT2D eigenvalue weighted by atomic mass is 35.5. The van der Waals surface area contributed by atoms with Crippen LogP contribution in [0, 0.1) is 0 Å².